The molecule has 1 heterocycles. The second-order valence-corrected chi connectivity index (χ2v) is 5.18. The number of nitrogens with one attached hydrogen (secondary N) is 1. The fourth-order valence-corrected chi connectivity index (χ4v) is 2.30. The third-order valence-electron chi connectivity index (χ3n) is 3.63. The highest BCUT2D eigenvalue weighted by molar-refractivity contribution is 5.29. The molecule has 3 atom stereocenters. The predicted molar refractivity (Wildman–Crippen MR) is 83.2 cm³/mol. The zero-order valence-corrected chi connectivity index (χ0v) is 12.7. The van der Waals surface area contributed by atoms with E-state index in [1.165, 1.54) is 0 Å². The van der Waals surface area contributed by atoms with Crippen LogP contribution in [0.5, 0.6) is 5.75 Å². The van der Waals surface area contributed by atoms with Gasteiger partial charge >= 0.3 is 0 Å². The van der Waals surface area contributed by atoms with Crippen molar-refractivity contribution in [2.75, 3.05) is 7.11 Å². The van der Waals surface area contributed by atoms with Crippen LogP contribution < -0.4 is 10.1 Å². The highest BCUT2D eigenvalue weighted by Gasteiger charge is 2.18. The quantitative estimate of drug-likeness (QED) is 0.857. The van der Waals surface area contributed by atoms with Crippen LogP contribution in [0.15, 0.2) is 48.8 Å². The minimum Gasteiger partial charge on any atom is -0.497 e. The van der Waals surface area contributed by atoms with Gasteiger partial charge < -0.3 is 15.2 Å². The smallest absolute Gasteiger partial charge is 0.118 e. The molecule has 2 aromatic rings. The maximum Gasteiger partial charge on any atom is 0.118 e. The molecule has 0 aliphatic heterocycles. The molecule has 0 saturated heterocycles. The molecule has 0 amide bonds. The van der Waals surface area contributed by atoms with Crippen molar-refractivity contribution in [2.45, 2.75) is 32.0 Å². The Morgan fingerprint density at radius 3 is 2.38 bits per heavy atom. The average Bonchev–Trinajstić information content (AvgIpc) is 2.55. The normalized spacial score (nSPS) is 15.2. The van der Waals surface area contributed by atoms with Crippen molar-refractivity contribution in [1.82, 2.24) is 10.3 Å². The van der Waals surface area contributed by atoms with Crippen LogP contribution in [-0.2, 0) is 0 Å². The van der Waals surface area contributed by atoms with Gasteiger partial charge in [-0.3, -0.25) is 4.98 Å². The van der Waals surface area contributed by atoms with E-state index in [1.807, 2.05) is 49.5 Å². The van der Waals surface area contributed by atoms with Gasteiger partial charge in [0.1, 0.15) is 5.75 Å². The Labute approximate surface area is 125 Å². The lowest BCUT2D eigenvalue weighted by Gasteiger charge is -2.25. The molecule has 0 radical (unpaired) electrons. The van der Waals surface area contributed by atoms with Gasteiger partial charge in [0, 0.05) is 24.5 Å². The van der Waals surface area contributed by atoms with Gasteiger partial charge in [0.2, 0.25) is 0 Å². The van der Waals surface area contributed by atoms with Crippen LogP contribution in [0.3, 0.4) is 0 Å². The topological polar surface area (TPSA) is 54.4 Å². The fraction of sp³-hybridized carbons (Fsp3) is 0.353. The van der Waals surface area contributed by atoms with Gasteiger partial charge in [-0.15, -0.1) is 0 Å². The molecule has 0 bridgehead atoms. The molecule has 3 unspecified atom stereocenters. The number of pyridine rings is 1. The molecule has 4 heteroatoms. The number of aliphatic hydroxyl groups excluding tert-OH is 1. The molecular weight excluding hydrogens is 264 g/mol. The van der Waals surface area contributed by atoms with Crippen molar-refractivity contribution in [2.24, 2.45) is 0 Å². The van der Waals surface area contributed by atoms with Crippen molar-refractivity contribution in [3.8, 4) is 5.75 Å². The van der Waals surface area contributed by atoms with Crippen LogP contribution in [0.4, 0.5) is 0 Å². The van der Waals surface area contributed by atoms with Gasteiger partial charge in [-0.25, -0.2) is 0 Å². The fourth-order valence-electron chi connectivity index (χ4n) is 2.30. The monoisotopic (exact) mass is 286 g/mol. The van der Waals surface area contributed by atoms with Crippen molar-refractivity contribution < 1.29 is 9.84 Å². The summed E-state index contributed by atoms with van der Waals surface area (Å²) in [5, 5.41) is 13.8. The minimum absolute atomic E-state index is 0.0754. The predicted octanol–water partition coefficient (Wildman–Crippen LogP) is 2.86. The SMILES string of the molecule is COc1ccc(C(O)C(C)NC(C)c2cccnc2)cc1. The Morgan fingerprint density at radius 1 is 1.10 bits per heavy atom. The highest BCUT2D eigenvalue weighted by Crippen LogP contribution is 2.22. The van der Waals surface area contributed by atoms with Crippen LogP contribution in [0.25, 0.3) is 0 Å². The summed E-state index contributed by atoms with van der Waals surface area (Å²) in [6.07, 6.45) is 3.02. The number of methoxy groups -OCH3 is 1. The van der Waals surface area contributed by atoms with Gasteiger partial charge in [-0.2, -0.15) is 0 Å². The molecule has 0 aliphatic rings. The first-order valence-electron chi connectivity index (χ1n) is 7.10. The molecule has 112 valence electrons. The van der Waals surface area contributed by atoms with Gasteiger partial charge in [0.25, 0.3) is 0 Å². The molecule has 4 nitrogen and oxygen atoms in total. The summed E-state index contributed by atoms with van der Waals surface area (Å²) >= 11 is 0. The summed E-state index contributed by atoms with van der Waals surface area (Å²) in [5.74, 6) is 0.787. The average molecular weight is 286 g/mol. The number of benzene rings is 1. The van der Waals surface area contributed by atoms with Crippen LogP contribution in [-0.4, -0.2) is 23.2 Å². The van der Waals surface area contributed by atoms with E-state index >= 15 is 0 Å². The molecule has 0 saturated carbocycles. The Morgan fingerprint density at radius 2 is 1.81 bits per heavy atom. The van der Waals surface area contributed by atoms with Crippen molar-refractivity contribution in [3.63, 3.8) is 0 Å². The first-order chi connectivity index (χ1) is 10.1. The maximum atomic E-state index is 10.4. The van der Waals surface area contributed by atoms with Crippen LogP contribution in [0.1, 0.15) is 37.1 Å². The summed E-state index contributed by atoms with van der Waals surface area (Å²) < 4.78 is 5.13. The number of hydrogen-bond donors (Lipinski definition) is 2. The van der Waals surface area contributed by atoms with Gasteiger partial charge in [0.05, 0.1) is 13.2 Å². The van der Waals surface area contributed by atoms with E-state index in [4.69, 9.17) is 4.74 Å². The number of hydrogen-bond acceptors (Lipinski definition) is 4. The summed E-state index contributed by atoms with van der Waals surface area (Å²) in [6, 6.07) is 11.5. The van der Waals surface area contributed by atoms with Crippen LogP contribution in [0.2, 0.25) is 0 Å². The first kappa shape index (κ1) is 15.5. The van der Waals surface area contributed by atoms with E-state index in [-0.39, 0.29) is 12.1 Å². The first-order valence-corrected chi connectivity index (χ1v) is 7.10. The zero-order valence-electron chi connectivity index (χ0n) is 12.7. The van der Waals surface area contributed by atoms with E-state index in [0.29, 0.717) is 0 Å². The van der Waals surface area contributed by atoms with E-state index in [9.17, 15) is 5.11 Å². The number of aliphatic hydroxyl groups is 1. The largest absolute Gasteiger partial charge is 0.497 e. The lowest BCUT2D eigenvalue weighted by atomic mass is 10.0. The lowest BCUT2D eigenvalue weighted by molar-refractivity contribution is 0.130. The Bertz CT molecular complexity index is 542. The lowest BCUT2D eigenvalue weighted by Crippen LogP contribution is -2.34. The van der Waals surface area contributed by atoms with E-state index in [0.717, 1.165) is 16.9 Å². The number of aromatic nitrogens is 1. The van der Waals surface area contributed by atoms with E-state index in [2.05, 4.69) is 17.2 Å². The van der Waals surface area contributed by atoms with Crippen molar-refractivity contribution >= 4 is 0 Å². The van der Waals surface area contributed by atoms with Crippen molar-refractivity contribution in [3.05, 3.63) is 59.9 Å². The zero-order chi connectivity index (χ0) is 15.2. The standard InChI is InChI=1S/C17H22N2O2/c1-12(15-5-4-10-18-11-15)19-13(2)17(20)14-6-8-16(21-3)9-7-14/h4-13,17,19-20H,1-3H3. The summed E-state index contributed by atoms with van der Waals surface area (Å²) in [7, 11) is 1.63. The highest BCUT2D eigenvalue weighted by atomic mass is 16.5. The second-order valence-electron chi connectivity index (χ2n) is 5.18. The number of nitrogens with zero attached hydrogens (tertiary/aromatic N) is 1. The van der Waals surface area contributed by atoms with Gasteiger partial charge in [-0.1, -0.05) is 18.2 Å². The third-order valence-corrected chi connectivity index (χ3v) is 3.63. The maximum absolute atomic E-state index is 10.4. The molecule has 1 aromatic heterocycles. The van der Waals surface area contributed by atoms with Crippen LogP contribution in [0, 0.1) is 0 Å². The molecular formula is C17H22N2O2. The van der Waals surface area contributed by atoms with Gasteiger partial charge in [0.15, 0.2) is 0 Å². The van der Waals surface area contributed by atoms with Crippen molar-refractivity contribution in [1.29, 1.82) is 0 Å². The second kappa shape index (κ2) is 7.20. The van der Waals surface area contributed by atoms with E-state index < -0.39 is 6.10 Å². The molecule has 1 aromatic carbocycles. The minimum atomic E-state index is -0.574. The molecule has 2 rings (SSSR count). The molecule has 2 N–H and O–H groups in total. The van der Waals surface area contributed by atoms with Crippen LogP contribution >= 0.6 is 0 Å². The third kappa shape index (κ3) is 4.03. The Balaban J connectivity index is 2.00. The summed E-state index contributed by atoms with van der Waals surface area (Å²) in [5.41, 5.74) is 1.97. The Kier molecular flexibility index (Phi) is 5.31. The Hall–Kier alpha value is -1.91. The number of ether oxygens (including phenoxy) is 1. The molecule has 0 spiro atoms. The summed E-state index contributed by atoms with van der Waals surface area (Å²) in [4.78, 5) is 4.12. The summed E-state index contributed by atoms with van der Waals surface area (Å²) in [6.45, 7) is 4.04. The number of rotatable bonds is 6. The molecule has 0 fully saturated rings. The molecule has 21 heavy (non-hydrogen) atoms. The molecule has 0 aliphatic carbocycles. The van der Waals surface area contributed by atoms with E-state index in [1.54, 1.807) is 13.3 Å². The van der Waals surface area contributed by atoms with Gasteiger partial charge in [-0.05, 0) is 43.2 Å².